The van der Waals surface area contributed by atoms with Crippen LogP contribution in [0.15, 0.2) is 101 Å². The third-order valence-corrected chi connectivity index (χ3v) is 3.10. The van der Waals surface area contributed by atoms with Crippen molar-refractivity contribution in [2.24, 2.45) is 10.2 Å². The van der Waals surface area contributed by atoms with Gasteiger partial charge < -0.3 is 10.4 Å². The molecular weight excluding hydrogens is 274 g/mol. The highest BCUT2D eigenvalue weighted by Gasteiger charge is 2.02. The van der Waals surface area contributed by atoms with Crippen LogP contribution in [0.25, 0.3) is 0 Å². The molecule has 2 aromatic carbocycles. The van der Waals surface area contributed by atoms with Crippen LogP contribution >= 0.6 is 0 Å². The first kappa shape index (κ1) is 13.8. The maximum absolute atomic E-state index is 9.95. The predicted molar refractivity (Wildman–Crippen MR) is 88.6 cm³/mol. The molecule has 0 unspecified atom stereocenters. The van der Waals surface area contributed by atoms with E-state index >= 15 is 0 Å². The van der Waals surface area contributed by atoms with Crippen molar-refractivity contribution in [1.29, 1.82) is 0 Å². The SMILES string of the molecule is OC(Nc1ccc(N=Nc2ccccc2)cc1)=C1C=CC=C1. The molecule has 108 valence electrons. The first-order valence-electron chi connectivity index (χ1n) is 6.93. The fourth-order valence-corrected chi connectivity index (χ4v) is 1.96. The second-order valence-corrected chi connectivity index (χ2v) is 4.73. The van der Waals surface area contributed by atoms with Gasteiger partial charge in [0.25, 0.3) is 0 Å². The van der Waals surface area contributed by atoms with Gasteiger partial charge >= 0.3 is 0 Å². The summed E-state index contributed by atoms with van der Waals surface area (Å²) in [6.45, 7) is 0. The number of hydrogen-bond donors (Lipinski definition) is 2. The van der Waals surface area contributed by atoms with Crippen LogP contribution in [0.3, 0.4) is 0 Å². The fraction of sp³-hybridized carbons (Fsp3) is 0. The lowest BCUT2D eigenvalue weighted by Crippen LogP contribution is -2.00. The van der Waals surface area contributed by atoms with Crippen LogP contribution in [0.2, 0.25) is 0 Å². The number of anilines is 1. The summed E-state index contributed by atoms with van der Waals surface area (Å²) in [5.74, 6) is 0.128. The molecule has 1 aliphatic rings. The number of hydrogen-bond acceptors (Lipinski definition) is 4. The Morgan fingerprint density at radius 2 is 1.36 bits per heavy atom. The second-order valence-electron chi connectivity index (χ2n) is 4.73. The van der Waals surface area contributed by atoms with Gasteiger partial charge in [0.15, 0.2) is 5.88 Å². The van der Waals surface area contributed by atoms with E-state index < -0.39 is 0 Å². The Hall–Kier alpha value is -3.14. The highest BCUT2D eigenvalue weighted by molar-refractivity contribution is 5.55. The van der Waals surface area contributed by atoms with Crippen LogP contribution in [0.5, 0.6) is 0 Å². The van der Waals surface area contributed by atoms with Gasteiger partial charge in [-0.3, -0.25) is 0 Å². The molecule has 0 aromatic heterocycles. The van der Waals surface area contributed by atoms with Crippen LogP contribution in [-0.4, -0.2) is 5.11 Å². The largest absolute Gasteiger partial charge is 0.494 e. The molecule has 4 nitrogen and oxygen atoms in total. The van der Waals surface area contributed by atoms with E-state index in [0.29, 0.717) is 0 Å². The monoisotopic (exact) mass is 289 g/mol. The number of nitrogens with zero attached hydrogens (tertiary/aromatic N) is 2. The minimum absolute atomic E-state index is 0.128. The smallest absolute Gasteiger partial charge is 0.196 e. The highest BCUT2D eigenvalue weighted by atomic mass is 16.3. The Bertz CT molecular complexity index is 743. The van der Waals surface area contributed by atoms with Crippen molar-refractivity contribution >= 4 is 17.1 Å². The summed E-state index contributed by atoms with van der Waals surface area (Å²) >= 11 is 0. The first-order chi connectivity index (χ1) is 10.8. The van der Waals surface area contributed by atoms with Crippen LogP contribution < -0.4 is 5.32 Å². The number of aliphatic hydroxyl groups is 1. The van der Waals surface area contributed by atoms with Crippen LogP contribution in [-0.2, 0) is 0 Å². The molecule has 0 heterocycles. The molecule has 3 rings (SSSR count). The molecule has 0 saturated carbocycles. The summed E-state index contributed by atoms with van der Waals surface area (Å²) in [5, 5.41) is 21.2. The molecule has 1 aliphatic carbocycles. The van der Waals surface area contributed by atoms with E-state index in [1.807, 2.05) is 78.9 Å². The quantitative estimate of drug-likeness (QED) is 0.584. The van der Waals surface area contributed by atoms with Crippen molar-refractivity contribution in [1.82, 2.24) is 0 Å². The lowest BCUT2D eigenvalue weighted by Gasteiger charge is -2.06. The Kier molecular flexibility index (Phi) is 4.11. The van der Waals surface area contributed by atoms with Gasteiger partial charge in [0.05, 0.1) is 11.4 Å². The van der Waals surface area contributed by atoms with E-state index in [2.05, 4.69) is 15.5 Å². The molecule has 0 amide bonds. The van der Waals surface area contributed by atoms with E-state index in [1.165, 1.54) is 0 Å². The van der Waals surface area contributed by atoms with E-state index in [9.17, 15) is 5.11 Å². The van der Waals surface area contributed by atoms with Crippen molar-refractivity contribution in [3.05, 3.63) is 90.4 Å². The van der Waals surface area contributed by atoms with Crippen molar-refractivity contribution in [3.8, 4) is 0 Å². The molecule has 0 bridgehead atoms. The van der Waals surface area contributed by atoms with Crippen molar-refractivity contribution in [3.63, 3.8) is 0 Å². The van der Waals surface area contributed by atoms with Crippen LogP contribution in [0, 0.1) is 0 Å². The molecule has 2 N–H and O–H groups in total. The summed E-state index contributed by atoms with van der Waals surface area (Å²) in [5.41, 5.74) is 3.11. The number of allylic oxidation sites excluding steroid dienone is 5. The third-order valence-electron chi connectivity index (χ3n) is 3.10. The Morgan fingerprint density at radius 1 is 0.773 bits per heavy atom. The van der Waals surface area contributed by atoms with Gasteiger partial charge in [-0.2, -0.15) is 10.2 Å². The van der Waals surface area contributed by atoms with E-state index in [0.717, 1.165) is 22.6 Å². The number of benzene rings is 2. The highest BCUT2D eigenvalue weighted by Crippen LogP contribution is 2.21. The fourth-order valence-electron chi connectivity index (χ4n) is 1.96. The van der Waals surface area contributed by atoms with Crippen LogP contribution in [0.1, 0.15) is 0 Å². The van der Waals surface area contributed by atoms with E-state index in [-0.39, 0.29) is 5.88 Å². The number of nitrogens with one attached hydrogen (secondary N) is 1. The van der Waals surface area contributed by atoms with Gasteiger partial charge in [0.2, 0.25) is 0 Å². The Labute approximate surface area is 128 Å². The molecule has 0 aliphatic heterocycles. The van der Waals surface area contributed by atoms with Crippen molar-refractivity contribution in [2.75, 3.05) is 5.32 Å². The minimum Gasteiger partial charge on any atom is -0.494 e. The lowest BCUT2D eigenvalue weighted by molar-refractivity contribution is 0.416. The maximum Gasteiger partial charge on any atom is 0.196 e. The average molecular weight is 289 g/mol. The van der Waals surface area contributed by atoms with Crippen molar-refractivity contribution in [2.45, 2.75) is 0 Å². The number of azo groups is 1. The standard InChI is InChI=1S/C18H15N3O/c22-18(14-6-4-5-7-14)19-15-10-12-17(13-11-15)21-20-16-8-2-1-3-9-16/h1-13,19,22H. The van der Waals surface area contributed by atoms with Gasteiger partial charge in [-0.05, 0) is 48.6 Å². The summed E-state index contributed by atoms with van der Waals surface area (Å²) in [6, 6.07) is 16.9. The number of rotatable bonds is 4. The van der Waals surface area contributed by atoms with Gasteiger partial charge in [0, 0.05) is 11.3 Å². The molecule has 4 heteroatoms. The molecule has 0 radical (unpaired) electrons. The zero-order valence-electron chi connectivity index (χ0n) is 11.8. The minimum atomic E-state index is 0.128. The zero-order chi connectivity index (χ0) is 15.2. The molecule has 0 fully saturated rings. The molecule has 0 saturated heterocycles. The Balaban J connectivity index is 1.68. The molecule has 22 heavy (non-hydrogen) atoms. The molecule has 2 aromatic rings. The summed E-state index contributed by atoms with van der Waals surface area (Å²) < 4.78 is 0. The third kappa shape index (κ3) is 3.49. The molecule has 0 atom stereocenters. The van der Waals surface area contributed by atoms with E-state index in [4.69, 9.17) is 0 Å². The van der Waals surface area contributed by atoms with Crippen molar-refractivity contribution < 1.29 is 5.11 Å². The van der Waals surface area contributed by atoms with Gasteiger partial charge in [-0.1, -0.05) is 30.4 Å². The summed E-state index contributed by atoms with van der Waals surface area (Å²) in [7, 11) is 0. The van der Waals surface area contributed by atoms with E-state index in [1.54, 1.807) is 0 Å². The van der Waals surface area contributed by atoms with Gasteiger partial charge in [-0.25, -0.2) is 0 Å². The van der Waals surface area contributed by atoms with Gasteiger partial charge in [0.1, 0.15) is 0 Å². The normalized spacial score (nSPS) is 13.0. The average Bonchev–Trinajstić information content (AvgIpc) is 3.10. The number of aliphatic hydroxyl groups excluding tert-OH is 1. The van der Waals surface area contributed by atoms with Crippen LogP contribution in [0.4, 0.5) is 17.1 Å². The Morgan fingerprint density at radius 3 is 2.00 bits per heavy atom. The summed E-state index contributed by atoms with van der Waals surface area (Å²) in [4.78, 5) is 0. The topological polar surface area (TPSA) is 57.0 Å². The second kappa shape index (κ2) is 6.54. The predicted octanol–water partition coefficient (Wildman–Crippen LogP) is 5.41. The summed E-state index contributed by atoms with van der Waals surface area (Å²) in [6.07, 6.45) is 7.43. The molecular formula is C18H15N3O. The zero-order valence-corrected chi connectivity index (χ0v) is 11.8. The molecule has 0 spiro atoms. The first-order valence-corrected chi connectivity index (χ1v) is 6.93. The van der Waals surface area contributed by atoms with Gasteiger partial charge in [-0.15, -0.1) is 0 Å². The lowest BCUT2D eigenvalue weighted by atomic mass is 10.2. The maximum atomic E-state index is 9.95.